The highest BCUT2D eigenvalue weighted by Crippen LogP contribution is 2.23. The molecule has 0 aromatic carbocycles. The van der Waals surface area contributed by atoms with Gasteiger partial charge in [-0.05, 0) is 32.9 Å². The average molecular weight is 158 g/mol. The summed E-state index contributed by atoms with van der Waals surface area (Å²) in [6, 6.07) is -0.482. The van der Waals surface area contributed by atoms with Gasteiger partial charge in [0.05, 0.1) is 5.60 Å². The van der Waals surface area contributed by atoms with Gasteiger partial charge in [0.2, 0.25) is 0 Å². The first kappa shape index (κ1) is 8.62. The van der Waals surface area contributed by atoms with Crippen LogP contribution < -0.4 is 5.32 Å². The maximum atomic E-state index is 10.2. The van der Waals surface area contributed by atoms with Gasteiger partial charge in [-0.1, -0.05) is 5.18 Å². The van der Waals surface area contributed by atoms with Gasteiger partial charge < -0.3 is 10.4 Å². The molecular formula is C7H14N2O2. The van der Waals surface area contributed by atoms with Crippen LogP contribution in [0.15, 0.2) is 5.18 Å². The number of aliphatic hydroxyl groups is 1. The van der Waals surface area contributed by atoms with Crippen molar-refractivity contribution < 1.29 is 5.11 Å². The molecule has 1 heterocycles. The summed E-state index contributed by atoms with van der Waals surface area (Å²) >= 11 is 0. The summed E-state index contributed by atoms with van der Waals surface area (Å²) in [6.45, 7) is 3.21. The number of hydrogen-bond acceptors (Lipinski definition) is 4. The van der Waals surface area contributed by atoms with Gasteiger partial charge in [0.15, 0.2) is 0 Å². The van der Waals surface area contributed by atoms with E-state index >= 15 is 0 Å². The minimum absolute atomic E-state index is 0.482. The van der Waals surface area contributed by atoms with E-state index in [0.717, 1.165) is 13.1 Å². The quantitative estimate of drug-likeness (QED) is 0.566. The van der Waals surface area contributed by atoms with E-state index < -0.39 is 11.6 Å². The average Bonchev–Trinajstić information content (AvgIpc) is 2.04. The Morgan fingerprint density at radius 1 is 1.55 bits per heavy atom. The monoisotopic (exact) mass is 158 g/mol. The van der Waals surface area contributed by atoms with Gasteiger partial charge >= 0.3 is 0 Å². The molecule has 0 aromatic rings. The van der Waals surface area contributed by atoms with E-state index in [1.165, 1.54) is 0 Å². The van der Waals surface area contributed by atoms with Crippen LogP contribution in [0.5, 0.6) is 0 Å². The smallest absolute Gasteiger partial charge is 0.118 e. The molecular weight excluding hydrogens is 144 g/mol. The first-order chi connectivity index (χ1) is 5.19. The second kappa shape index (κ2) is 3.28. The Kier molecular flexibility index (Phi) is 2.57. The molecule has 1 atom stereocenters. The normalized spacial score (nSPS) is 26.0. The summed E-state index contributed by atoms with van der Waals surface area (Å²) in [5, 5.41) is 15.8. The molecule has 2 N–H and O–H groups in total. The molecule has 0 aliphatic carbocycles. The van der Waals surface area contributed by atoms with Gasteiger partial charge in [-0.25, -0.2) is 0 Å². The Bertz CT molecular complexity index is 143. The van der Waals surface area contributed by atoms with Crippen molar-refractivity contribution in [3.05, 3.63) is 4.91 Å². The maximum absolute atomic E-state index is 10.2. The van der Waals surface area contributed by atoms with Crippen LogP contribution in [0, 0.1) is 4.91 Å². The second-order valence-electron chi connectivity index (χ2n) is 3.13. The van der Waals surface area contributed by atoms with Crippen LogP contribution in [0.4, 0.5) is 0 Å². The molecule has 1 fully saturated rings. The first-order valence-electron chi connectivity index (χ1n) is 3.94. The topological polar surface area (TPSA) is 61.7 Å². The van der Waals surface area contributed by atoms with Gasteiger partial charge in [0.1, 0.15) is 6.04 Å². The van der Waals surface area contributed by atoms with E-state index in [-0.39, 0.29) is 0 Å². The van der Waals surface area contributed by atoms with Gasteiger partial charge in [0, 0.05) is 0 Å². The van der Waals surface area contributed by atoms with Crippen molar-refractivity contribution >= 4 is 0 Å². The van der Waals surface area contributed by atoms with Gasteiger partial charge in [-0.15, -0.1) is 0 Å². The zero-order chi connectivity index (χ0) is 8.32. The van der Waals surface area contributed by atoms with Gasteiger partial charge in [-0.2, -0.15) is 4.91 Å². The van der Waals surface area contributed by atoms with Crippen molar-refractivity contribution in [2.45, 2.75) is 31.4 Å². The molecule has 11 heavy (non-hydrogen) atoms. The third-order valence-corrected chi connectivity index (χ3v) is 2.41. The second-order valence-corrected chi connectivity index (χ2v) is 3.13. The van der Waals surface area contributed by atoms with Crippen LogP contribution in [0.3, 0.4) is 0 Å². The molecule has 1 aliphatic rings. The number of nitrogens with one attached hydrogen (secondary N) is 1. The molecule has 1 aliphatic heterocycles. The Hall–Kier alpha value is -0.480. The fraction of sp³-hybridized carbons (Fsp3) is 1.00. The zero-order valence-corrected chi connectivity index (χ0v) is 6.71. The maximum Gasteiger partial charge on any atom is 0.118 e. The van der Waals surface area contributed by atoms with Crippen LogP contribution in [-0.2, 0) is 0 Å². The molecule has 1 saturated heterocycles. The molecule has 4 heteroatoms. The molecule has 0 aromatic heterocycles. The summed E-state index contributed by atoms with van der Waals surface area (Å²) in [5.41, 5.74) is -0.854. The SMILES string of the molecule is CC(N=O)C1(O)CCNCC1. The van der Waals surface area contributed by atoms with E-state index in [1.807, 2.05) is 0 Å². The molecule has 0 amide bonds. The van der Waals surface area contributed by atoms with E-state index in [0.29, 0.717) is 12.8 Å². The molecule has 0 radical (unpaired) electrons. The lowest BCUT2D eigenvalue weighted by Gasteiger charge is -2.34. The number of nitroso groups, excluding NO2 is 1. The van der Waals surface area contributed by atoms with E-state index in [9.17, 15) is 10.0 Å². The van der Waals surface area contributed by atoms with E-state index in [1.54, 1.807) is 6.92 Å². The predicted molar refractivity (Wildman–Crippen MR) is 42.3 cm³/mol. The Morgan fingerprint density at radius 3 is 2.55 bits per heavy atom. The van der Waals surface area contributed by atoms with E-state index in [2.05, 4.69) is 10.5 Å². The lowest BCUT2D eigenvalue weighted by atomic mass is 9.86. The minimum atomic E-state index is -0.854. The highest BCUT2D eigenvalue weighted by Gasteiger charge is 2.35. The highest BCUT2D eigenvalue weighted by molar-refractivity contribution is 4.92. The van der Waals surface area contributed by atoms with E-state index in [4.69, 9.17) is 0 Å². The summed E-state index contributed by atoms with van der Waals surface area (Å²) in [4.78, 5) is 10.2. The largest absolute Gasteiger partial charge is 0.387 e. The van der Waals surface area contributed by atoms with Crippen molar-refractivity contribution in [3.63, 3.8) is 0 Å². The fourth-order valence-electron chi connectivity index (χ4n) is 1.38. The number of hydrogen-bond donors (Lipinski definition) is 2. The third-order valence-electron chi connectivity index (χ3n) is 2.41. The number of piperidine rings is 1. The van der Waals surface area contributed by atoms with Crippen molar-refractivity contribution in [1.82, 2.24) is 5.32 Å². The van der Waals surface area contributed by atoms with Crippen molar-refractivity contribution in [1.29, 1.82) is 0 Å². The van der Waals surface area contributed by atoms with Crippen LogP contribution >= 0.6 is 0 Å². The lowest BCUT2D eigenvalue weighted by Crippen LogP contribution is -2.48. The number of rotatable bonds is 2. The lowest BCUT2D eigenvalue weighted by molar-refractivity contribution is -0.00802. The summed E-state index contributed by atoms with van der Waals surface area (Å²) in [7, 11) is 0. The minimum Gasteiger partial charge on any atom is -0.387 e. The summed E-state index contributed by atoms with van der Waals surface area (Å²) in [5.74, 6) is 0. The fourth-order valence-corrected chi connectivity index (χ4v) is 1.38. The van der Waals surface area contributed by atoms with Crippen molar-refractivity contribution in [3.8, 4) is 0 Å². The van der Waals surface area contributed by atoms with Crippen LogP contribution in [0.1, 0.15) is 19.8 Å². The van der Waals surface area contributed by atoms with Gasteiger partial charge in [-0.3, -0.25) is 0 Å². The molecule has 0 saturated carbocycles. The first-order valence-corrected chi connectivity index (χ1v) is 3.94. The van der Waals surface area contributed by atoms with Crippen LogP contribution in [-0.4, -0.2) is 29.8 Å². The zero-order valence-electron chi connectivity index (χ0n) is 6.71. The number of nitrogens with zero attached hydrogens (tertiary/aromatic N) is 1. The molecule has 0 bridgehead atoms. The van der Waals surface area contributed by atoms with Gasteiger partial charge in [0.25, 0.3) is 0 Å². The van der Waals surface area contributed by atoms with Crippen LogP contribution in [0.25, 0.3) is 0 Å². The molecule has 64 valence electrons. The molecule has 0 spiro atoms. The van der Waals surface area contributed by atoms with Crippen LogP contribution in [0.2, 0.25) is 0 Å². The molecule has 4 nitrogen and oxygen atoms in total. The summed E-state index contributed by atoms with van der Waals surface area (Å²) < 4.78 is 0. The standard InChI is InChI=1S/C7H14N2O2/c1-6(9-11)7(10)2-4-8-5-3-7/h6,8,10H,2-5H2,1H3. The highest BCUT2D eigenvalue weighted by atomic mass is 16.3. The predicted octanol–water partition coefficient (Wildman–Crippen LogP) is 0.256. The molecule has 1 rings (SSSR count). The molecule has 1 unspecified atom stereocenters. The van der Waals surface area contributed by atoms with Crippen molar-refractivity contribution in [2.75, 3.05) is 13.1 Å². The summed E-state index contributed by atoms with van der Waals surface area (Å²) in [6.07, 6.45) is 1.25. The van der Waals surface area contributed by atoms with Crippen molar-refractivity contribution in [2.24, 2.45) is 5.18 Å². The Labute approximate surface area is 66.0 Å². The Balaban J connectivity index is 2.55. The Morgan fingerprint density at radius 2 is 2.09 bits per heavy atom. The third kappa shape index (κ3) is 1.75.